The van der Waals surface area contributed by atoms with E-state index in [-0.39, 0.29) is 10.9 Å². The molecule has 2 aliphatic heterocycles. The molecule has 29 heavy (non-hydrogen) atoms. The van der Waals surface area contributed by atoms with Crippen molar-refractivity contribution >= 4 is 14.7 Å². The highest BCUT2D eigenvalue weighted by Gasteiger charge is 2.26. The summed E-state index contributed by atoms with van der Waals surface area (Å²) in [6.07, 6.45) is 4.41. The van der Waals surface area contributed by atoms with Crippen LogP contribution in [0.25, 0.3) is 0 Å². The Morgan fingerprint density at radius 1 is 1.14 bits per heavy atom. The molecule has 163 valence electrons. The second-order valence-corrected chi connectivity index (χ2v) is 12.3. The molecular formula is C23H37FNO3Si. The molecule has 4 nitrogen and oxygen atoms in total. The van der Waals surface area contributed by atoms with E-state index in [1.54, 1.807) is 0 Å². The first-order valence-electron chi connectivity index (χ1n) is 11.0. The molecule has 1 aromatic rings. The molecule has 0 amide bonds. The highest BCUT2D eigenvalue weighted by atomic mass is 28.3. The summed E-state index contributed by atoms with van der Waals surface area (Å²) in [4.78, 5) is 2.16. The van der Waals surface area contributed by atoms with Gasteiger partial charge >= 0.3 is 0 Å². The van der Waals surface area contributed by atoms with Crippen molar-refractivity contribution < 1.29 is 18.3 Å². The Morgan fingerprint density at radius 2 is 1.83 bits per heavy atom. The number of ether oxygens (including phenoxy) is 2. The minimum absolute atomic E-state index is 0.127. The summed E-state index contributed by atoms with van der Waals surface area (Å²) in [7, 11) is -0.983. The third-order valence-electron chi connectivity index (χ3n) is 6.25. The van der Waals surface area contributed by atoms with Crippen molar-refractivity contribution in [2.75, 3.05) is 37.8 Å². The SMILES string of the molecule is C[Si](OCc1cccc(N2CCC(OCC3CCOCC3)CC2)c1F)C(C)(C)C. The quantitative estimate of drug-likeness (QED) is 0.567. The minimum Gasteiger partial charge on any atom is -0.412 e. The van der Waals surface area contributed by atoms with Crippen molar-refractivity contribution in [2.24, 2.45) is 5.92 Å². The zero-order chi connectivity index (χ0) is 20.9. The van der Waals surface area contributed by atoms with Gasteiger partial charge in [-0.1, -0.05) is 32.9 Å². The van der Waals surface area contributed by atoms with Crippen molar-refractivity contribution in [1.29, 1.82) is 0 Å². The van der Waals surface area contributed by atoms with Gasteiger partial charge in [0.05, 0.1) is 18.4 Å². The third kappa shape index (κ3) is 6.51. The second kappa shape index (κ2) is 10.4. The van der Waals surface area contributed by atoms with Gasteiger partial charge in [-0.25, -0.2) is 4.39 Å². The molecule has 2 fully saturated rings. The maximum Gasteiger partial charge on any atom is 0.214 e. The summed E-state index contributed by atoms with van der Waals surface area (Å²) in [6, 6.07) is 5.69. The van der Waals surface area contributed by atoms with Crippen molar-refractivity contribution in [2.45, 2.75) is 70.8 Å². The van der Waals surface area contributed by atoms with E-state index in [0.29, 0.717) is 29.9 Å². The van der Waals surface area contributed by atoms with E-state index >= 15 is 4.39 Å². The van der Waals surface area contributed by atoms with Crippen molar-refractivity contribution in [1.82, 2.24) is 0 Å². The lowest BCUT2D eigenvalue weighted by molar-refractivity contribution is -0.0183. The van der Waals surface area contributed by atoms with Crippen LogP contribution in [0, 0.1) is 11.7 Å². The Balaban J connectivity index is 1.50. The van der Waals surface area contributed by atoms with E-state index in [9.17, 15) is 0 Å². The number of piperidine rings is 1. The van der Waals surface area contributed by atoms with E-state index in [4.69, 9.17) is 13.9 Å². The van der Waals surface area contributed by atoms with Crippen LogP contribution in [0.5, 0.6) is 0 Å². The van der Waals surface area contributed by atoms with Crippen LogP contribution >= 0.6 is 0 Å². The summed E-state index contributed by atoms with van der Waals surface area (Å²) >= 11 is 0. The van der Waals surface area contributed by atoms with Gasteiger partial charge in [-0.3, -0.25) is 0 Å². The highest BCUT2D eigenvalue weighted by molar-refractivity contribution is 6.53. The maximum absolute atomic E-state index is 15.1. The molecule has 1 aromatic carbocycles. The fourth-order valence-electron chi connectivity index (χ4n) is 3.77. The van der Waals surface area contributed by atoms with Crippen molar-refractivity contribution in [3.8, 4) is 0 Å². The normalized spacial score (nSPS) is 19.9. The van der Waals surface area contributed by atoms with Crippen LogP contribution in [-0.4, -0.2) is 48.1 Å². The first kappa shape index (κ1) is 22.7. The van der Waals surface area contributed by atoms with Gasteiger partial charge in [-0.05, 0) is 49.3 Å². The van der Waals surface area contributed by atoms with Gasteiger partial charge in [0.15, 0.2) is 5.82 Å². The van der Waals surface area contributed by atoms with Gasteiger partial charge in [0.1, 0.15) is 0 Å². The molecule has 2 aliphatic rings. The van der Waals surface area contributed by atoms with Crippen molar-refractivity contribution in [3.63, 3.8) is 0 Å². The topological polar surface area (TPSA) is 30.9 Å². The predicted octanol–water partition coefficient (Wildman–Crippen LogP) is 5.18. The Kier molecular flexibility index (Phi) is 8.13. The zero-order valence-electron chi connectivity index (χ0n) is 18.5. The van der Waals surface area contributed by atoms with E-state index < -0.39 is 9.04 Å². The number of halogens is 1. The molecule has 0 aromatic heterocycles. The first-order chi connectivity index (χ1) is 13.8. The van der Waals surface area contributed by atoms with Gasteiger partial charge in [0, 0.05) is 38.5 Å². The Hall–Kier alpha value is -0.953. The lowest BCUT2D eigenvalue weighted by Gasteiger charge is -2.35. The van der Waals surface area contributed by atoms with Gasteiger partial charge in [0.25, 0.3) is 0 Å². The third-order valence-corrected chi connectivity index (χ3v) is 8.94. The average molecular weight is 423 g/mol. The first-order valence-corrected chi connectivity index (χ1v) is 12.9. The number of anilines is 1. The van der Waals surface area contributed by atoms with Gasteiger partial charge < -0.3 is 18.8 Å². The molecule has 2 heterocycles. The fourth-order valence-corrected chi connectivity index (χ4v) is 4.58. The lowest BCUT2D eigenvalue weighted by Crippen LogP contribution is -2.38. The summed E-state index contributed by atoms with van der Waals surface area (Å²) < 4.78 is 32.8. The van der Waals surface area contributed by atoms with Crippen LogP contribution in [0.15, 0.2) is 18.2 Å². The number of nitrogens with zero attached hydrogens (tertiary/aromatic N) is 1. The Bertz CT molecular complexity index is 638. The summed E-state index contributed by atoms with van der Waals surface area (Å²) in [5.41, 5.74) is 1.36. The Labute approximate surface area is 177 Å². The van der Waals surface area contributed by atoms with Crippen LogP contribution in [0.2, 0.25) is 11.6 Å². The summed E-state index contributed by atoms with van der Waals surface area (Å²) in [5, 5.41) is 0.144. The van der Waals surface area contributed by atoms with Crippen LogP contribution in [-0.2, 0) is 20.5 Å². The second-order valence-electron chi connectivity index (χ2n) is 9.42. The van der Waals surface area contributed by atoms with Gasteiger partial charge in [-0.15, -0.1) is 0 Å². The van der Waals surface area contributed by atoms with Crippen molar-refractivity contribution in [3.05, 3.63) is 29.6 Å². The smallest absolute Gasteiger partial charge is 0.214 e. The molecule has 3 rings (SSSR count). The van der Waals surface area contributed by atoms with E-state index in [0.717, 1.165) is 58.6 Å². The number of hydrogen-bond acceptors (Lipinski definition) is 4. The number of rotatable bonds is 7. The summed E-state index contributed by atoms with van der Waals surface area (Å²) in [6.45, 7) is 13.3. The standard InChI is InChI=1S/C23H37FNO3Si/c1-23(2,3)29(4)28-17-19-6-5-7-21(22(19)24)25-12-8-20(9-13-25)27-16-18-10-14-26-15-11-18/h5-7,18,20H,8-17H2,1-4H3. The highest BCUT2D eigenvalue weighted by Crippen LogP contribution is 2.30. The Morgan fingerprint density at radius 3 is 2.48 bits per heavy atom. The predicted molar refractivity (Wildman–Crippen MR) is 117 cm³/mol. The zero-order valence-corrected chi connectivity index (χ0v) is 19.5. The number of hydrogen-bond donors (Lipinski definition) is 0. The maximum atomic E-state index is 15.1. The molecule has 0 spiro atoms. The molecule has 0 N–H and O–H groups in total. The molecular weight excluding hydrogens is 385 g/mol. The minimum atomic E-state index is -0.983. The molecule has 1 radical (unpaired) electrons. The molecule has 0 aliphatic carbocycles. The average Bonchev–Trinajstić information content (AvgIpc) is 2.72. The molecule has 6 heteroatoms. The monoisotopic (exact) mass is 422 g/mol. The van der Waals surface area contributed by atoms with Gasteiger partial charge in [-0.2, -0.15) is 0 Å². The van der Waals surface area contributed by atoms with Gasteiger partial charge in [0.2, 0.25) is 9.04 Å². The number of benzene rings is 1. The molecule has 0 bridgehead atoms. The van der Waals surface area contributed by atoms with Crippen LogP contribution in [0.3, 0.4) is 0 Å². The molecule has 0 unspecified atom stereocenters. The fraction of sp³-hybridized carbons (Fsp3) is 0.739. The summed E-state index contributed by atoms with van der Waals surface area (Å²) in [5.74, 6) is 0.506. The van der Waals surface area contributed by atoms with E-state index in [1.807, 2.05) is 18.2 Å². The molecule has 2 saturated heterocycles. The van der Waals surface area contributed by atoms with Crippen LogP contribution < -0.4 is 4.90 Å². The van der Waals surface area contributed by atoms with E-state index in [2.05, 4.69) is 32.2 Å². The lowest BCUT2D eigenvalue weighted by atomic mass is 10.0. The largest absolute Gasteiger partial charge is 0.412 e. The van der Waals surface area contributed by atoms with Crippen LogP contribution in [0.4, 0.5) is 10.1 Å². The molecule has 0 atom stereocenters. The molecule has 0 saturated carbocycles. The van der Waals surface area contributed by atoms with E-state index in [1.165, 1.54) is 0 Å². The van der Waals surface area contributed by atoms with Crippen LogP contribution in [0.1, 0.15) is 52.0 Å².